The van der Waals surface area contributed by atoms with Crippen molar-refractivity contribution in [2.75, 3.05) is 13.2 Å². The summed E-state index contributed by atoms with van der Waals surface area (Å²) < 4.78 is 76.6. The van der Waals surface area contributed by atoms with Gasteiger partial charge >= 0.3 is 29.2 Å². The van der Waals surface area contributed by atoms with Crippen molar-refractivity contribution in [1.29, 1.82) is 0 Å². The van der Waals surface area contributed by atoms with E-state index in [1.807, 2.05) is 0 Å². The smallest absolute Gasteiger partial charge is 0.461 e. The van der Waals surface area contributed by atoms with Gasteiger partial charge in [0.15, 0.2) is 0 Å². The molecule has 0 aliphatic carbocycles. The van der Waals surface area contributed by atoms with Crippen LogP contribution in [0.4, 0.5) is 22.0 Å². The van der Waals surface area contributed by atoms with Crippen molar-refractivity contribution < 1.29 is 45.8 Å². The molecule has 0 aliphatic rings. The minimum absolute atomic E-state index is 0.137. The zero-order valence-electron chi connectivity index (χ0n) is 11.3. The van der Waals surface area contributed by atoms with Crippen LogP contribution in [0.5, 0.6) is 0 Å². The van der Waals surface area contributed by atoms with Crippen molar-refractivity contribution in [3.05, 3.63) is 12.7 Å². The Labute approximate surface area is 127 Å². The summed E-state index contributed by atoms with van der Waals surface area (Å²) in [5, 5.41) is -4.01. The molecule has 11 heteroatoms. The van der Waals surface area contributed by atoms with E-state index in [0.717, 1.165) is 0 Å². The van der Waals surface area contributed by atoms with Gasteiger partial charge in [-0.2, -0.15) is 22.0 Å². The van der Waals surface area contributed by atoms with Gasteiger partial charge in [0.25, 0.3) is 0 Å². The Morgan fingerprint density at radius 2 is 1.77 bits per heavy atom. The molecule has 0 spiro atoms. The molecular formula is C11H13F5O5S. The Morgan fingerprint density at radius 1 is 1.23 bits per heavy atom. The molecule has 0 saturated heterocycles. The lowest BCUT2D eigenvalue weighted by Gasteiger charge is -2.32. The maximum atomic E-state index is 13.1. The lowest BCUT2D eigenvalue weighted by atomic mass is 10.2. The van der Waals surface area contributed by atoms with Crippen LogP contribution in [0.15, 0.2) is 12.7 Å². The van der Waals surface area contributed by atoms with Crippen LogP contribution in [0.25, 0.3) is 0 Å². The summed E-state index contributed by atoms with van der Waals surface area (Å²) in [7, 11) is 0. The molecule has 0 fully saturated rings. The number of halogens is 5. The third-order valence-electron chi connectivity index (χ3n) is 1.94. The quantitative estimate of drug-likeness (QED) is 0.239. The zero-order chi connectivity index (χ0) is 17.6. The molecular weight excluding hydrogens is 339 g/mol. The van der Waals surface area contributed by atoms with E-state index < -0.39 is 42.4 Å². The normalized spacial score (nSPS) is 14.9. The molecule has 1 unspecified atom stereocenters. The third-order valence-corrected chi connectivity index (χ3v) is 2.07. The van der Waals surface area contributed by atoms with Gasteiger partial charge in [-0.1, -0.05) is 13.5 Å². The fourth-order valence-electron chi connectivity index (χ4n) is 1.05. The summed E-state index contributed by atoms with van der Waals surface area (Å²) in [6.07, 6.45) is -5.23. The van der Waals surface area contributed by atoms with Crippen LogP contribution in [-0.4, -0.2) is 42.4 Å². The fraction of sp³-hybridized carbons (Fsp3) is 0.636. The largest absolute Gasteiger partial charge is 0.468 e. The van der Waals surface area contributed by atoms with Gasteiger partial charge in [-0.25, -0.2) is 9.59 Å². The van der Waals surface area contributed by atoms with Crippen molar-refractivity contribution in [3.63, 3.8) is 0 Å². The summed E-state index contributed by atoms with van der Waals surface area (Å²) in [6, 6.07) is 0. The highest BCUT2D eigenvalue weighted by molar-refractivity contribution is 7.81. The molecule has 22 heavy (non-hydrogen) atoms. The van der Waals surface area contributed by atoms with Gasteiger partial charge in [0, 0.05) is 6.08 Å². The van der Waals surface area contributed by atoms with Crippen LogP contribution < -0.4 is 0 Å². The summed E-state index contributed by atoms with van der Waals surface area (Å²) in [6.45, 7) is 1.89. The lowest BCUT2D eigenvalue weighted by molar-refractivity contribution is -0.359. The number of carbonyl (C=O) groups excluding carboxylic acids is 2. The van der Waals surface area contributed by atoms with Gasteiger partial charge in [-0.15, -0.1) is 12.6 Å². The van der Waals surface area contributed by atoms with Crippen LogP contribution >= 0.6 is 12.6 Å². The maximum Gasteiger partial charge on any atom is 0.468 e. The number of rotatable bonds is 8. The molecule has 0 rings (SSSR count). The molecule has 0 bridgehead atoms. The predicted octanol–water partition coefficient (Wildman–Crippen LogP) is 2.47. The highest BCUT2D eigenvalue weighted by Crippen LogP contribution is 2.38. The number of carbonyl (C=O) groups is 2. The van der Waals surface area contributed by atoms with Crippen molar-refractivity contribution in [2.24, 2.45) is 0 Å². The van der Waals surface area contributed by atoms with E-state index in [1.165, 1.54) is 6.92 Å². The van der Waals surface area contributed by atoms with Crippen molar-refractivity contribution in [1.82, 2.24) is 0 Å². The van der Waals surface area contributed by atoms with Gasteiger partial charge in [-0.05, 0) is 6.42 Å². The van der Waals surface area contributed by atoms with Crippen molar-refractivity contribution >= 4 is 24.6 Å². The van der Waals surface area contributed by atoms with E-state index in [1.54, 1.807) is 0 Å². The molecule has 0 heterocycles. The first-order valence-corrected chi connectivity index (χ1v) is 6.18. The summed E-state index contributed by atoms with van der Waals surface area (Å²) in [4.78, 5) is 22.6. The van der Waals surface area contributed by atoms with Crippen molar-refractivity contribution in [2.45, 2.75) is 30.6 Å². The third kappa shape index (κ3) is 5.79. The van der Waals surface area contributed by atoms with Gasteiger partial charge < -0.3 is 14.2 Å². The number of hydrogen-bond donors (Lipinski definition) is 1. The Kier molecular flexibility index (Phi) is 7.29. The molecule has 0 aromatic carbocycles. The van der Waals surface area contributed by atoms with Crippen LogP contribution in [-0.2, 0) is 23.8 Å². The van der Waals surface area contributed by atoms with Crippen LogP contribution in [0, 0.1) is 0 Å². The van der Waals surface area contributed by atoms with E-state index in [9.17, 15) is 31.5 Å². The standard InChI is InChI=1S/C11H13F5O5S/c1-3-5-19-8(18)10(11(14,15)16,21-7(17)4-2)20-6-9(12,13)22/h4,22H,2-3,5-6H2,1H3. The first kappa shape index (κ1) is 20.6. The molecule has 1 atom stereocenters. The lowest BCUT2D eigenvalue weighted by Crippen LogP contribution is -2.59. The monoisotopic (exact) mass is 352 g/mol. The predicted molar refractivity (Wildman–Crippen MR) is 66.2 cm³/mol. The van der Waals surface area contributed by atoms with E-state index in [2.05, 4.69) is 33.4 Å². The van der Waals surface area contributed by atoms with Crippen LogP contribution in [0.1, 0.15) is 13.3 Å². The Balaban J connectivity index is 5.66. The van der Waals surface area contributed by atoms with Gasteiger partial charge in [0.1, 0.15) is 6.61 Å². The average Bonchev–Trinajstić information content (AvgIpc) is 2.37. The number of ether oxygens (including phenoxy) is 3. The molecule has 0 aromatic heterocycles. The summed E-state index contributed by atoms with van der Waals surface area (Å²) >= 11 is 2.68. The molecule has 0 amide bonds. The molecule has 128 valence electrons. The van der Waals surface area contributed by atoms with Gasteiger partial charge in [-0.3, -0.25) is 0 Å². The van der Waals surface area contributed by atoms with E-state index in [0.29, 0.717) is 6.08 Å². The summed E-state index contributed by atoms with van der Waals surface area (Å²) in [5.74, 6) is -8.23. The maximum absolute atomic E-state index is 13.1. The second-order valence-electron chi connectivity index (χ2n) is 3.83. The molecule has 0 saturated carbocycles. The Bertz CT molecular complexity index is 420. The van der Waals surface area contributed by atoms with Crippen LogP contribution in [0.3, 0.4) is 0 Å². The molecule has 5 nitrogen and oxygen atoms in total. The van der Waals surface area contributed by atoms with E-state index in [-0.39, 0.29) is 6.42 Å². The van der Waals surface area contributed by atoms with E-state index in [4.69, 9.17) is 0 Å². The fourth-order valence-corrected chi connectivity index (χ4v) is 1.11. The molecule has 0 aromatic rings. The SMILES string of the molecule is C=CC(=O)OC(OCC(F)(F)S)(C(=O)OCCC)C(F)(F)F. The Hall–Kier alpha value is -1.36. The summed E-state index contributed by atoms with van der Waals surface area (Å²) in [5.41, 5.74) is 0. The second-order valence-corrected chi connectivity index (χ2v) is 4.48. The van der Waals surface area contributed by atoms with Crippen LogP contribution in [0.2, 0.25) is 0 Å². The molecule has 0 N–H and O–H groups in total. The van der Waals surface area contributed by atoms with Gasteiger partial charge in [0.05, 0.1) is 6.61 Å². The number of esters is 2. The molecule has 0 radical (unpaired) electrons. The number of thiol groups is 1. The zero-order valence-corrected chi connectivity index (χ0v) is 12.2. The number of hydrogen-bond acceptors (Lipinski definition) is 6. The molecule has 0 aliphatic heterocycles. The first-order valence-electron chi connectivity index (χ1n) is 5.73. The highest BCUT2D eigenvalue weighted by atomic mass is 32.1. The average molecular weight is 352 g/mol. The van der Waals surface area contributed by atoms with Crippen molar-refractivity contribution in [3.8, 4) is 0 Å². The van der Waals surface area contributed by atoms with E-state index >= 15 is 0 Å². The minimum Gasteiger partial charge on any atom is -0.461 e. The van der Waals surface area contributed by atoms with Gasteiger partial charge in [0.2, 0.25) is 0 Å². The highest BCUT2D eigenvalue weighted by Gasteiger charge is 2.68. The Morgan fingerprint density at radius 3 is 2.14 bits per heavy atom. The second kappa shape index (κ2) is 7.77. The minimum atomic E-state index is -5.67. The number of alkyl halides is 5. The first-order chi connectivity index (χ1) is 9.89. The topological polar surface area (TPSA) is 61.8 Å².